The zero-order valence-corrected chi connectivity index (χ0v) is 7.37. The maximum absolute atomic E-state index is 10.9. The predicted octanol–water partition coefficient (Wildman–Crippen LogP) is 0.605. The average molecular weight is 177 g/mol. The van der Waals surface area contributed by atoms with E-state index < -0.39 is 0 Å². The minimum Gasteiger partial charge on any atom is -0.366 e. The van der Waals surface area contributed by atoms with Crippen LogP contribution in [0.2, 0.25) is 0 Å². The number of carbonyl (C=O) groups is 1. The van der Waals surface area contributed by atoms with Gasteiger partial charge in [0.2, 0.25) is 5.91 Å². The standard InChI is InChI=1S/C9H11N3O/c1-12-5-11-7-4-6(9(10)13)2-3-8(7)12/h2-4,11H,5H2,1H3,(H2,10,13). The van der Waals surface area contributed by atoms with E-state index in [4.69, 9.17) is 5.73 Å². The van der Waals surface area contributed by atoms with Crippen LogP contribution in [0.3, 0.4) is 0 Å². The molecule has 0 saturated carbocycles. The van der Waals surface area contributed by atoms with Crippen molar-refractivity contribution in [2.75, 3.05) is 23.9 Å². The summed E-state index contributed by atoms with van der Waals surface area (Å²) in [4.78, 5) is 12.9. The Morgan fingerprint density at radius 1 is 1.62 bits per heavy atom. The molecule has 1 aliphatic heterocycles. The Hall–Kier alpha value is -1.71. The van der Waals surface area contributed by atoms with Gasteiger partial charge in [-0.1, -0.05) is 0 Å². The molecule has 0 atom stereocenters. The first-order valence-electron chi connectivity index (χ1n) is 4.07. The Balaban J connectivity index is 2.45. The third-order valence-electron chi connectivity index (χ3n) is 2.20. The number of anilines is 2. The van der Waals surface area contributed by atoms with Gasteiger partial charge in [-0.2, -0.15) is 0 Å². The van der Waals surface area contributed by atoms with E-state index in [1.54, 1.807) is 12.1 Å². The van der Waals surface area contributed by atoms with Gasteiger partial charge in [-0.05, 0) is 18.2 Å². The van der Waals surface area contributed by atoms with Crippen LogP contribution in [-0.2, 0) is 0 Å². The SMILES string of the molecule is CN1CNc2cc(C(N)=O)ccc21. The summed E-state index contributed by atoms with van der Waals surface area (Å²) in [5.41, 5.74) is 7.78. The van der Waals surface area contributed by atoms with Gasteiger partial charge in [0.25, 0.3) is 0 Å². The van der Waals surface area contributed by atoms with E-state index in [0.29, 0.717) is 5.56 Å². The van der Waals surface area contributed by atoms with Gasteiger partial charge in [0.15, 0.2) is 0 Å². The van der Waals surface area contributed by atoms with Gasteiger partial charge in [0, 0.05) is 12.6 Å². The molecular formula is C9H11N3O. The molecule has 1 aromatic carbocycles. The van der Waals surface area contributed by atoms with Crippen molar-refractivity contribution < 1.29 is 4.79 Å². The molecule has 0 radical (unpaired) electrons. The van der Waals surface area contributed by atoms with Crippen LogP contribution in [0, 0.1) is 0 Å². The molecule has 4 nitrogen and oxygen atoms in total. The Labute approximate surface area is 76.3 Å². The lowest BCUT2D eigenvalue weighted by atomic mass is 10.1. The summed E-state index contributed by atoms with van der Waals surface area (Å²) < 4.78 is 0. The second-order valence-corrected chi connectivity index (χ2v) is 3.13. The molecule has 0 saturated heterocycles. The molecule has 0 fully saturated rings. The van der Waals surface area contributed by atoms with Gasteiger partial charge in [-0.25, -0.2) is 0 Å². The number of nitrogens with one attached hydrogen (secondary N) is 1. The highest BCUT2D eigenvalue weighted by Gasteiger charge is 2.15. The number of nitrogens with zero attached hydrogens (tertiary/aromatic N) is 1. The molecular weight excluding hydrogens is 166 g/mol. The topological polar surface area (TPSA) is 58.4 Å². The molecule has 1 aromatic rings. The fourth-order valence-electron chi connectivity index (χ4n) is 1.45. The van der Waals surface area contributed by atoms with E-state index >= 15 is 0 Å². The predicted molar refractivity (Wildman–Crippen MR) is 51.9 cm³/mol. The van der Waals surface area contributed by atoms with E-state index in [1.165, 1.54) is 0 Å². The van der Waals surface area contributed by atoms with Crippen molar-refractivity contribution in [3.63, 3.8) is 0 Å². The maximum Gasteiger partial charge on any atom is 0.248 e. The highest BCUT2D eigenvalue weighted by molar-refractivity contribution is 5.95. The number of amides is 1. The summed E-state index contributed by atoms with van der Waals surface area (Å²) in [7, 11) is 1.99. The van der Waals surface area contributed by atoms with Gasteiger partial charge < -0.3 is 16.0 Å². The quantitative estimate of drug-likeness (QED) is 0.660. The van der Waals surface area contributed by atoms with Gasteiger partial charge >= 0.3 is 0 Å². The van der Waals surface area contributed by atoms with Crippen LogP contribution in [-0.4, -0.2) is 19.6 Å². The van der Waals surface area contributed by atoms with Crippen LogP contribution in [0.1, 0.15) is 10.4 Å². The largest absolute Gasteiger partial charge is 0.366 e. The number of carbonyl (C=O) groups excluding carboxylic acids is 1. The number of nitrogens with two attached hydrogens (primary N) is 1. The molecule has 3 N–H and O–H groups in total. The molecule has 1 aliphatic rings. The summed E-state index contributed by atoms with van der Waals surface area (Å²) in [6, 6.07) is 5.42. The van der Waals surface area contributed by atoms with E-state index in [2.05, 4.69) is 10.2 Å². The van der Waals surface area contributed by atoms with Gasteiger partial charge in [0.05, 0.1) is 18.0 Å². The summed E-state index contributed by atoms with van der Waals surface area (Å²) in [5.74, 6) is -0.390. The normalized spacial score (nSPS) is 13.8. The van der Waals surface area contributed by atoms with Crippen LogP contribution in [0.5, 0.6) is 0 Å². The number of rotatable bonds is 1. The third-order valence-corrected chi connectivity index (χ3v) is 2.20. The average Bonchev–Trinajstić information content (AvgIpc) is 2.47. The number of hydrogen-bond donors (Lipinski definition) is 2. The third kappa shape index (κ3) is 1.20. The van der Waals surface area contributed by atoms with Crippen molar-refractivity contribution in [2.45, 2.75) is 0 Å². The zero-order chi connectivity index (χ0) is 9.42. The van der Waals surface area contributed by atoms with Crippen molar-refractivity contribution in [3.8, 4) is 0 Å². The summed E-state index contributed by atoms with van der Waals surface area (Å²) in [5, 5.41) is 3.16. The fourth-order valence-corrected chi connectivity index (χ4v) is 1.45. The molecule has 0 spiro atoms. The van der Waals surface area contributed by atoms with Crippen molar-refractivity contribution in [2.24, 2.45) is 5.73 Å². The zero-order valence-electron chi connectivity index (χ0n) is 7.37. The number of primary amides is 1. The second-order valence-electron chi connectivity index (χ2n) is 3.13. The molecule has 0 bridgehead atoms. The smallest absolute Gasteiger partial charge is 0.248 e. The second kappa shape index (κ2) is 2.65. The summed E-state index contributed by atoms with van der Waals surface area (Å²) in [6.45, 7) is 0.775. The lowest BCUT2D eigenvalue weighted by Crippen LogP contribution is -2.15. The van der Waals surface area contributed by atoms with Gasteiger partial charge in [-0.3, -0.25) is 4.79 Å². The molecule has 13 heavy (non-hydrogen) atoms. The van der Waals surface area contributed by atoms with E-state index in [-0.39, 0.29) is 5.91 Å². The molecule has 1 amide bonds. The highest BCUT2D eigenvalue weighted by atomic mass is 16.1. The van der Waals surface area contributed by atoms with Crippen molar-refractivity contribution in [3.05, 3.63) is 23.8 Å². The van der Waals surface area contributed by atoms with E-state index in [9.17, 15) is 4.79 Å². The van der Waals surface area contributed by atoms with Crippen LogP contribution in [0.25, 0.3) is 0 Å². The van der Waals surface area contributed by atoms with Crippen LogP contribution >= 0.6 is 0 Å². The van der Waals surface area contributed by atoms with Crippen LogP contribution in [0.15, 0.2) is 18.2 Å². The van der Waals surface area contributed by atoms with Crippen molar-refractivity contribution in [1.82, 2.24) is 0 Å². The van der Waals surface area contributed by atoms with E-state index in [1.807, 2.05) is 13.1 Å². The Bertz CT molecular complexity index is 362. The van der Waals surface area contributed by atoms with Crippen molar-refractivity contribution >= 4 is 17.3 Å². The monoisotopic (exact) mass is 177 g/mol. The van der Waals surface area contributed by atoms with Gasteiger partial charge in [-0.15, -0.1) is 0 Å². The van der Waals surface area contributed by atoms with Crippen LogP contribution in [0.4, 0.5) is 11.4 Å². The Morgan fingerprint density at radius 2 is 2.38 bits per heavy atom. The molecule has 0 aliphatic carbocycles. The first-order valence-corrected chi connectivity index (χ1v) is 4.07. The molecule has 1 heterocycles. The van der Waals surface area contributed by atoms with Gasteiger partial charge in [0.1, 0.15) is 0 Å². The molecule has 68 valence electrons. The highest BCUT2D eigenvalue weighted by Crippen LogP contribution is 2.30. The first kappa shape index (κ1) is 7.91. The lowest BCUT2D eigenvalue weighted by molar-refractivity contribution is 0.100. The Kier molecular flexibility index (Phi) is 1.62. The molecule has 4 heteroatoms. The van der Waals surface area contributed by atoms with Crippen molar-refractivity contribution in [1.29, 1.82) is 0 Å². The fraction of sp³-hybridized carbons (Fsp3) is 0.222. The molecule has 0 aromatic heterocycles. The maximum atomic E-state index is 10.9. The number of hydrogen-bond acceptors (Lipinski definition) is 3. The first-order chi connectivity index (χ1) is 6.18. The van der Waals surface area contributed by atoms with Crippen LogP contribution < -0.4 is 16.0 Å². The lowest BCUT2D eigenvalue weighted by Gasteiger charge is -2.09. The summed E-state index contributed by atoms with van der Waals surface area (Å²) in [6.07, 6.45) is 0. The summed E-state index contributed by atoms with van der Waals surface area (Å²) >= 11 is 0. The number of fused-ring (bicyclic) bond motifs is 1. The Morgan fingerprint density at radius 3 is 3.08 bits per heavy atom. The molecule has 0 unspecified atom stereocenters. The number of benzene rings is 1. The van der Waals surface area contributed by atoms with E-state index in [0.717, 1.165) is 18.0 Å². The minimum atomic E-state index is -0.390. The molecule has 2 rings (SSSR count). The minimum absolute atomic E-state index is 0.390.